The number of carbonyl (C=O) groups is 1. The van der Waals surface area contributed by atoms with Crippen molar-refractivity contribution in [3.63, 3.8) is 0 Å². The van der Waals surface area contributed by atoms with Crippen molar-refractivity contribution in [3.05, 3.63) is 28.3 Å². The third-order valence-corrected chi connectivity index (χ3v) is 3.51. The van der Waals surface area contributed by atoms with Crippen molar-refractivity contribution in [1.29, 1.82) is 0 Å². The second kappa shape index (κ2) is 5.83. The fourth-order valence-corrected chi connectivity index (χ4v) is 2.24. The van der Waals surface area contributed by atoms with Crippen LogP contribution in [0.4, 0.5) is 0 Å². The second-order valence-electron chi connectivity index (χ2n) is 5.72. The Hall–Kier alpha value is -1.22. The van der Waals surface area contributed by atoms with Gasteiger partial charge < -0.3 is 9.84 Å². The highest BCUT2D eigenvalue weighted by atomic mass is 35.5. The Balaban J connectivity index is 3.28. The fourth-order valence-electron chi connectivity index (χ4n) is 1.92. The molecule has 0 unspecified atom stereocenters. The third kappa shape index (κ3) is 3.63. The Morgan fingerprint density at radius 2 is 2.00 bits per heavy atom. The van der Waals surface area contributed by atoms with Crippen molar-refractivity contribution in [2.75, 3.05) is 7.11 Å². The van der Waals surface area contributed by atoms with E-state index in [4.69, 9.17) is 16.3 Å². The maximum Gasteiger partial charge on any atom is 0.309 e. The molecule has 106 valence electrons. The highest BCUT2D eigenvalue weighted by molar-refractivity contribution is 6.32. The summed E-state index contributed by atoms with van der Waals surface area (Å²) in [4.78, 5) is 11.3. The molecule has 0 spiro atoms. The second-order valence-corrected chi connectivity index (χ2v) is 6.12. The van der Waals surface area contributed by atoms with Crippen molar-refractivity contribution in [1.82, 2.24) is 0 Å². The van der Waals surface area contributed by atoms with Gasteiger partial charge in [-0.15, -0.1) is 0 Å². The molecule has 0 saturated heterocycles. The Kier molecular flexibility index (Phi) is 4.86. The summed E-state index contributed by atoms with van der Waals surface area (Å²) in [6.07, 6.45) is 0.381. The maximum absolute atomic E-state index is 11.3. The summed E-state index contributed by atoms with van der Waals surface area (Å²) in [7, 11) is 1.55. The van der Waals surface area contributed by atoms with Crippen LogP contribution < -0.4 is 4.74 Å². The largest absolute Gasteiger partial charge is 0.495 e. The Bertz CT molecular complexity index is 479. The first kappa shape index (κ1) is 15.8. The molecular formula is C15H21ClO3. The van der Waals surface area contributed by atoms with Gasteiger partial charge in [-0.25, -0.2) is 0 Å². The van der Waals surface area contributed by atoms with Crippen molar-refractivity contribution >= 4 is 17.6 Å². The molecule has 0 heterocycles. The van der Waals surface area contributed by atoms with E-state index in [9.17, 15) is 9.90 Å². The van der Waals surface area contributed by atoms with E-state index in [1.807, 2.05) is 12.1 Å². The van der Waals surface area contributed by atoms with Gasteiger partial charge in [0.1, 0.15) is 5.75 Å². The molecule has 0 aromatic heterocycles. The van der Waals surface area contributed by atoms with Crippen LogP contribution in [0.15, 0.2) is 12.1 Å². The van der Waals surface area contributed by atoms with Gasteiger partial charge >= 0.3 is 5.97 Å². The van der Waals surface area contributed by atoms with E-state index in [2.05, 4.69) is 13.8 Å². The van der Waals surface area contributed by atoms with Crippen LogP contribution in [0.2, 0.25) is 5.02 Å². The first-order chi connectivity index (χ1) is 8.69. The predicted molar refractivity (Wildman–Crippen MR) is 77.2 cm³/mol. The predicted octanol–water partition coefficient (Wildman–Crippen LogP) is 4.13. The average molecular weight is 285 g/mol. The van der Waals surface area contributed by atoms with Crippen LogP contribution in [0.25, 0.3) is 0 Å². The van der Waals surface area contributed by atoms with E-state index in [-0.39, 0.29) is 0 Å². The molecule has 0 atom stereocenters. The molecule has 0 bridgehead atoms. The van der Waals surface area contributed by atoms with Crippen LogP contribution in [0.1, 0.15) is 44.7 Å². The van der Waals surface area contributed by atoms with Crippen LogP contribution in [-0.2, 0) is 11.2 Å². The lowest BCUT2D eigenvalue weighted by Gasteiger charge is -2.22. The average Bonchev–Trinajstić information content (AvgIpc) is 2.27. The lowest BCUT2D eigenvalue weighted by atomic mass is 9.84. The highest BCUT2D eigenvalue weighted by Gasteiger charge is 2.29. The van der Waals surface area contributed by atoms with E-state index >= 15 is 0 Å². The van der Waals surface area contributed by atoms with Crippen LogP contribution >= 0.6 is 11.6 Å². The minimum Gasteiger partial charge on any atom is -0.495 e. The summed E-state index contributed by atoms with van der Waals surface area (Å²) >= 11 is 6.21. The first-order valence-corrected chi connectivity index (χ1v) is 6.66. The van der Waals surface area contributed by atoms with Crippen LogP contribution in [0, 0.1) is 5.41 Å². The number of carboxylic acid groups (broad SMARTS) is 1. The minimum atomic E-state index is -0.855. The smallest absolute Gasteiger partial charge is 0.309 e. The zero-order chi connectivity index (χ0) is 14.8. The minimum absolute atomic E-state index is 0.329. The summed E-state index contributed by atoms with van der Waals surface area (Å²) in [5.41, 5.74) is 1.07. The summed E-state index contributed by atoms with van der Waals surface area (Å²) < 4.78 is 5.31. The summed E-state index contributed by atoms with van der Waals surface area (Å²) in [5.74, 6) is 0.0658. The van der Waals surface area contributed by atoms with Gasteiger partial charge in [0.05, 0.1) is 17.5 Å². The summed E-state index contributed by atoms with van der Waals surface area (Å²) in [5, 5.41) is 9.77. The molecule has 0 fully saturated rings. The molecule has 1 N–H and O–H groups in total. The zero-order valence-electron chi connectivity index (χ0n) is 12.1. The molecule has 0 radical (unpaired) electrons. The quantitative estimate of drug-likeness (QED) is 0.884. The molecule has 19 heavy (non-hydrogen) atoms. The molecule has 0 amide bonds. The van der Waals surface area contributed by atoms with E-state index in [1.54, 1.807) is 21.0 Å². The molecule has 3 nitrogen and oxygen atoms in total. The lowest BCUT2D eigenvalue weighted by Crippen LogP contribution is -2.26. The van der Waals surface area contributed by atoms with Crippen molar-refractivity contribution in [2.45, 2.75) is 40.0 Å². The molecule has 0 aliphatic rings. The van der Waals surface area contributed by atoms with Gasteiger partial charge in [-0.05, 0) is 43.4 Å². The number of benzene rings is 1. The lowest BCUT2D eigenvalue weighted by molar-refractivity contribution is -0.146. The number of methoxy groups -OCH3 is 1. The van der Waals surface area contributed by atoms with Crippen LogP contribution in [-0.4, -0.2) is 18.2 Å². The molecule has 1 rings (SSSR count). The molecule has 4 heteroatoms. The standard InChI is InChI=1S/C15H21ClO3/c1-9(2)10-6-11(8-15(3,4)14(17)18)13(19-5)12(16)7-10/h6-7,9H,8H2,1-5H3,(H,17,18). The Morgan fingerprint density at radius 3 is 2.42 bits per heavy atom. The zero-order valence-corrected chi connectivity index (χ0v) is 12.8. The number of hydrogen-bond acceptors (Lipinski definition) is 2. The fraction of sp³-hybridized carbons (Fsp3) is 0.533. The molecule has 0 saturated carbocycles. The number of aliphatic carboxylic acids is 1. The first-order valence-electron chi connectivity index (χ1n) is 6.28. The summed E-state index contributed by atoms with van der Waals surface area (Å²) in [6, 6.07) is 3.86. The summed E-state index contributed by atoms with van der Waals surface area (Å²) in [6.45, 7) is 7.55. The van der Waals surface area contributed by atoms with Gasteiger partial charge in [-0.2, -0.15) is 0 Å². The van der Waals surface area contributed by atoms with Crippen LogP contribution in [0.3, 0.4) is 0 Å². The topological polar surface area (TPSA) is 46.5 Å². The SMILES string of the molecule is COc1c(Cl)cc(C(C)C)cc1CC(C)(C)C(=O)O. The van der Waals surface area contributed by atoms with Gasteiger partial charge in [0.25, 0.3) is 0 Å². The number of halogens is 1. The van der Waals surface area contributed by atoms with Gasteiger partial charge in [-0.1, -0.05) is 31.5 Å². The van der Waals surface area contributed by atoms with E-state index < -0.39 is 11.4 Å². The van der Waals surface area contributed by atoms with Gasteiger partial charge in [0.2, 0.25) is 0 Å². The van der Waals surface area contributed by atoms with Gasteiger partial charge in [0, 0.05) is 0 Å². The van der Waals surface area contributed by atoms with Crippen molar-refractivity contribution < 1.29 is 14.6 Å². The highest BCUT2D eigenvalue weighted by Crippen LogP contribution is 2.36. The van der Waals surface area contributed by atoms with E-state index in [0.29, 0.717) is 23.1 Å². The molecular weight excluding hydrogens is 264 g/mol. The maximum atomic E-state index is 11.3. The Morgan fingerprint density at radius 1 is 1.42 bits per heavy atom. The monoisotopic (exact) mass is 284 g/mol. The molecule has 1 aromatic carbocycles. The molecule has 1 aromatic rings. The van der Waals surface area contributed by atoms with E-state index in [1.165, 1.54) is 0 Å². The van der Waals surface area contributed by atoms with Crippen LogP contribution in [0.5, 0.6) is 5.75 Å². The van der Waals surface area contributed by atoms with Crippen molar-refractivity contribution in [2.24, 2.45) is 5.41 Å². The number of hydrogen-bond donors (Lipinski definition) is 1. The normalized spacial score (nSPS) is 11.7. The molecule has 0 aliphatic carbocycles. The Labute approximate surface area is 119 Å². The van der Waals surface area contributed by atoms with Gasteiger partial charge in [0.15, 0.2) is 0 Å². The van der Waals surface area contributed by atoms with Crippen molar-refractivity contribution in [3.8, 4) is 5.75 Å². The number of carboxylic acids is 1. The third-order valence-electron chi connectivity index (χ3n) is 3.22. The number of ether oxygens (including phenoxy) is 1. The van der Waals surface area contributed by atoms with Gasteiger partial charge in [-0.3, -0.25) is 4.79 Å². The molecule has 0 aliphatic heterocycles. The number of rotatable bonds is 5. The van der Waals surface area contributed by atoms with E-state index in [0.717, 1.165) is 11.1 Å².